The number of guanidine groups is 1. The van der Waals surface area contributed by atoms with Gasteiger partial charge in [-0.1, -0.05) is 38.5 Å². The molecule has 2 heterocycles. The van der Waals surface area contributed by atoms with Crippen LogP contribution in [0.4, 0.5) is 0 Å². The van der Waals surface area contributed by atoms with E-state index >= 15 is 0 Å². The van der Waals surface area contributed by atoms with Crippen LogP contribution in [-0.4, -0.2) is 45.6 Å². The molecule has 0 saturated heterocycles. The Morgan fingerprint density at radius 3 is 2.76 bits per heavy atom. The first-order chi connectivity index (χ1) is 14.1. The molecule has 7 nitrogen and oxygen atoms in total. The van der Waals surface area contributed by atoms with Crippen molar-refractivity contribution in [3.05, 3.63) is 21.9 Å². The van der Waals surface area contributed by atoms with E-state index in [0.29, 0.717) is 18.5 Å². The summed E-state index contributed by atoms with van der Waals surface area (Å²) in [7, 11) is 1.80. The second-order valence-corrected chi connectivity index (χ2v) is 9.40. The number of hydrogen-bond donors (Lipinski definition) is 2. The zero-order chi connectivity index (χ0) is 20.6. The van der Waals surface area contributed by atoms with Crippen molar-refractivity contribution >= 4 is 29.1 Å². The normalized spacial score (nSPS) is 15.4. The van der Waals surface area contributed by atoms with Gasteiger partial charge in [0.1, 0.15) is 10.8 Å². The fourth-order valence-corrected chi connectivity index (χ4v) is 5.12. The van der Waals surface area contributed by atoms with Crippen LogP contribution >= 0.6 is 23.1 Å². The first kappa shape index (κ1) is 22.1. The smallest absolute Gasteiger partial charge is 0.191 e. The summed E-state index contributed by atoms with van der Waals surface area (Å²) >= 11 is 3.40. The number of rotatable bonds is 9. The van der Waals surface area contributed by atoms with Gasteiger partial charge in [0.05, 0.1) is 12.2 Å². The van der Waals surface area contributed by atoms with Gasteiger partial charge in [0, 0.05) is 31.4 Å². The third kappa shape index (κ3) is 5.94. The molecule has 3 rings (SSSR count). The van der Waals surface area contributed by atoms with Gasteiger partial charge in [-0.25, -0.2) is 4.98 Å². The number of aryl methyl sites for hydroxylation is 1. The molecule has 2 aromatic heterocycles. The van der Waals surface area contributed by atoms with E-state index < -0.39 is 0 Å². The predicted molar refractivity (Wildman–Crippen MR) is 122 cm³/mol. The molecule has 1 fully saturated rings. The Labute approximate surface area is 182 Å². The van der Waals surface area contributed by atoms with E-state index in [4.69, 9.17) is 0 Å². The molecule has 0 amide bonds. The highest BCUT2D eigenvalue weighted by atomic mass is 32.2. The molecule has 0 aliphatic heterocycles. The predicted octanol–water partition coefficient (Wildman–Crippen LogP) is 3.99. The average molecular weight is 436 g/mol. The molecule has 0 radical (unpaired) electrons. The molecule has 0 atom stereocenters. The number of thioether (sulfide) groups is 1. The quantitative estimate of drug-likeness (QED) is 0.268. The van der Waals surface area contributed by atoms with E-state index in [1.54, 1.807) is 30.1 Å². The van der Waals surface area contributed by atoms with Crippen LogP contribution in [0.2, 0.25) is 0 Å². The second-order valence-electron chi connectivity index (χ2n) is 7.69. The standard InChI is InChI=1S/C20H33N7S2/c1-14(2)16-13-29-18(24-16)12-23-19(21-3)22-11-7-10-17-25-26-20(28-4)27(17)15-8-5-6-9-15/h13-15H,5-12H2,1-4H3,(H2,21,22,23). The largest absolute Gasteiger partial charge is 0.356 e. The van der Waals surface area contributed by atoms with Crippen molar-refractivity contribution < 1.29 is 0 Å². The number of nitrogens with one attached hydrogen (secondary N) is 2. The summed E-state index contributed by atoms with van der Waals surface area (Å²) in [6.45, 7) is 5.88. The topological polar surface area (TPSA) is 80.0 Å². The van der Waals surface area contributed by atoms with Crippen LogP contribution in [0.5, 0.6) is 0 Å². The van der Waals surface area contributed by atoms with Crippen molar-refractivity contribution in [2.75, 3.05) is 19.8 Å². The van der Waals surface area contributed by atoms with Crippen LogP contribution in [0.25, 0.3) is 0 Å². The van der Waals surface area contributed by atoms with Crippen LogP contribution < -0.4 is 10.6 Å². The Morgan fingerprint density at radius 1 is 1.31 bits per heavy atom. The maximum atomic E-state index is 4.66. The summed E-state index contributed by atoms with van der Waals surface area (Å²) in [5.41, 5.74) is 1.16. The van der Waals surface area contributed by atoms with E-state index in [9.17, 15) is 0 Å². The van der Waals surface area contributed by atoms with Crippen molar-refractivity contribution in [1.82, 2.24) is 30.4 Å². The van der Waals surface area contributed by atoms with Crippen LogP contribution in [0.3, 0.4) is 0 Å². The van der Waals surface area contributed by atoms with Crippen molar-refractivity contribution in [3.63, 3.8) is 0 Å². The lowest BCUT2D eigenvalue weighted by Crippen LogP contribution is -2.37. The summed E-state index contributed by atoms with van der Waals surface area (Å²) in [6, 6.07) is 0.582. The van der Waals surface area contributed by atoms with E-state index in [1.165, 1.54) is 25.7 Å². The molecule has 160 valence electrons. The molecule has 9 heteroatoms. The van der Waals surface area contributed by atoms with Crippen molar-refractivity contribution in [3.8, 4) is 0 Å². The minimum atomic E-state index is 0.468. The summed E-state index contributed by atoms with van der Waals surface area (Å²) in [4.78, 5) is 8.99. The van der Waals surface area contributed by atoms with E-state index in [-0.39, 0.29) is 0 Å². The Kier molecular flexibility index (Phi) is 8.35. The van der Waals surface area contributed by atoms with Crippen molar-refractivity contribution in [1.29, 1.82) is 0 Å². The van der Waals surface area contributed by atoms with Gasteiger partial charge in [-0.2, -0.15) is 0 Å². The molecule has 29 heavy (non-hydrogen) atoms. The molecular formula is C20H33N7S2. The van der Waals surface area contributed by atoms with Crippen LogP contribution in [-0.2, 0) is 13.0 Å². The molecule has 1 saturated carbocycles. The first-order valence-corrected chi connectivity index (χ1v) is 12.6. The zero-order valence-corrected chi connectivity index (χ0v) is 19.6. The maximum Gasteiger partial charge on any atom is 0.191 e. The lowest BCUT2D eigenvalue weighted by molar-refractivity contribution is 0.460. The Bertz CT molecular complexity index is 791. The first-order valence-electron chi connectivity index (χ1n) is 10.5. The number of thiazole rings is 1. The lowest BCUT2D eigenvalue weighted by atomic mass is 10.2. The Balaban J connectivity index is 1.45. The highest BCUT2D eigenvalue weighted by Crippen LogP contribution is 2.33. The van der Waals surface area contributed by atoms with Crippen molar-refractivity contribution in [2.45, 2.75) is 76.0 Å². The highest BCUT2D eigenvalue weighted by Gasteiger charge is 2.23. The van der Waals surface area contributed by atoms with Gasteiger partial charge in [0.15, 0.2) is 11.1 Å². The maximum absolute atomic E-state index is 4.66. The average Bonchev–Trinajstić information content (AvgIpc) is 3.47. The van der Waals surface area contributed by atoms with E-state index in [0.717, 1.165) is 47.0 Å². The van der Waals surface area contributed by atoms with Gasteiger partial charge >= 0.3 is 0 Å². The lowest BCUT2D eigenvalue weighted by Gasteiger charge is -2.16. The number of hydrogen-bond acceptors (Lipinski definition) is 6. The summed E-state index contributed by atoms with van der Waals surface area (Å²) < 4.78 is 2.39. The molecule has 2 N–H and O–H groups in total. The highest BCUT2D eigenvalue weighted by molar-refractivity contribution is 7.98. The Hall–Kier alpha value is -1.61. The van der Waals surface area contributed by atoms with Crippen LogP contribution in [0.1, 0.15) is 74.4 Å². The van der Waals surface area contributed by atoms with Crippen LogP contribution in [0, 0.1) is 0 Å². The van der Waals surface area contributed by atoms with Crippen LogP contribution in [0.15, 0.2) is 15.5 Å². The number of aromatic nitrogens is 4. The third-order valence-corrected chi connectivity index (χ3v) is 6.78. The fourth-order valence-electron chi connectivity index (χ4n) is 3.65. The molecule has 2 aromatic rings. The Morgan fingerprint density at radius 2 is 2.10 bits per heavy atom. The molecule has 0 spiro atoms. The zero-order valence-electron chi connectivity index (χ0n) is 17.9. The van der Waals surface area contributed by atoms with Gasteiger partial charge in [-0.3, -0.25) is 4.99 Å². The van der Waals surface area contributed by atoms with Gasteiger partial charge in [0.2, 0.25) is 0 Å². The minimum Gasteiger partial charge on any atom is -0.356 e. The summed E-state index contributed by atoms with van der Waals surface area (Å²) in [6.07, 6.45) is 9.15. The van der Waals surface area contributed by atoms with E-state index in [2.05, 4.69) is 60.9 Å². The SMILES string of the molecule is CN=C(NCCCc1nnc(SC)n1C1CCCC1)NCc1nc(C(C)C)cs1. The molecule has 1 aliphatic rings. The molecular weight excluding hydrogens is 402 g/mol. The number of aliphatic imine (C=N–C) groups is 1. The molecule has 1 aliphatic carbocycles. The van der Waals surface area contributed by atoms with E-state index in [1.807, 2.05) is 0 Å². The summed E-state index contributed by atoms with van der Waals surface area (Å²) in [5.74, 6) is 2.40. The second kappa shape index (κ2) is 11.0. The summed E-state index contributed by atoms with van der Waals surface area (Å²) in [5, 5.41) is 19.9. The molecule has 0 aromatic carbocycles. The molecule has 0 unspecified atom stereocenters. The molecule has 0 bridgehead atoms. The minimum absolute atomic E-state index is 0.468. The third-order valence-electron chi connectivity index (χ3n) is 5.27. The van der Waals surface area contributed by atoms with Gasteiger partial charge in [0.25, 0.3) is 0 Å². The monoisotopic (exact) mass is 435 g/mol. The van der Waals surface area contributed by atoms with Gasteiger partial charge in [-0.15, -0.1) is 21.5 Å². The van der Waals surface area contributed by atoms with Gasteiger partial charge in [-0.05, 0) is 31.4 Å². The fraction of sp³-hybridized carbons (Fsp3) is 0.700. The number of nitrogens with zero attached hydrogens (tertiary/aromatic N) is 5. The van der Waals surface area contributed by atoms with Crippen molar-refractivity contribution in [2.24, 2.45) is 4.99 Å². The van der Waals surface area contributed by atoms with Gasteiger partial charge < -0.3 is 15.2 Å².